The molecule has 0 saturated carbocycles. The third-order valence-electron chi connectivity index (χ3n) is 3.62. The van der Waals surface area contributed by atoms with Gasteiger partial charge in [-0.2, -0.15) is 0 Å². The number of ether oxygens (including phenoxy) is 1. The van der Waals surface area contributed by atoms with Gasteiger partial charge in [0.15, 0.2) is 0 Å². The number of benzene rings is 1. The Kier molecular flexibility index (Phi) is 5.61. The standard InChI is InChI=1S/C15H24N2O3S/c1-3-21(18,19)17-10-12(2)16-11-13-6-7-15-14(9-13)5-4-8-20-15/h6-7,9,12,16-17H,3-5,8,10-11H2,1-2H3/t12-/m0/s1. The molecule has 1 aromatic carbocycles. The average Bonchev–Trinajstić information content (AvgIpc) is 2.51. The Bertz CT molecular complexity index is 572. The molecule has 0 amide bonds. The summed E-state index contributed by atoms with van der Waals surface area (Å²) in [6.07, 6.45) is 2.13. The summed E-state index contributed by atoms with van der Waals surface area (Å²) < 4.78 is 31.0. The van der Waals surface area contributed by atoms with Gasteiger partial charge in [0.1, 0.15) is 5.75 Å². The Balaban J connectivity index is 1.82. The molecule has 6 heteroatoms. The number of sulfonamides is 1. The lowest BCUT2D eigenvalue weighted by Gasteiger charge is -2.19. The molecule has 0 fully saturated rings. The van der Waals surface area contributed by atoms with E-state index in [9.17, 15) is 8.42 Å². The first-order valence-electron chi connectivity index (χ1n) is 7.45. The SMILES string of the molecule is CCS(=O)(=O)NC[C@H](C)NCc1ccc2c(c1)CCCO2. The second-order valence-electron chi connectivity index (χ2n) is 5.43. The van der Waals surface area contributed by atoms with Crippen molar-refractivity contribution in [2.24, 2.45) is 0 Å². The largest absolute Gasteiger partial charge is 0.493 e. The molecule has 5 nitrogen and oxygen atoms in total. The molecular formula is C15H24N2O3S. The van der Waals surface area contributed by atoms with E-state index in [0.717, 1.165) is 31.7 Å². The number of rotatable bonds is 7. The highest BCUT2D eigenvalue weighted by atomic mass is 32.2. The summed E-state index contributed by atoms with van der Waals surface area (Å²) in [6.45, 7) is 5.54. The lowest BCUT2D eigenvalue weighted by atomic mass is 10.0. The van der Waals surface area contributed by atoms with E-state index in [0.29, 0.717) is 6.54 Å². The van der Waals surface area contributed by atoms with Crippen molar-refractivity contribution in [3.8, 4) is 5.75 Å². The van der Waals surface area contributed by atoms with Crippen LogP contribution in [0.1, 0.15) is 31.4 Å². The summed E-state index contributed by atoms with van der Waals surface area (Å²) in [6, 6.07) is 6.33. The predicted molar refractivity (Wildman–Crippen MR) is 84.0 cm³/mol. The summed E-state index contributed by atoms with van der Waals surface area (Å²) >= 11 is 0. The van der Waals surface area contributed by atoms with Gasteiger partial charge in [-0.25, -0.2) is 13.1 Å². The van der Waals surface area contributed by atoms with Gasteiger partial charge in [0.2, 0.25) is 10.0 Å². The second kappa shape index (κ2) is 7.24. The summed E-state index contributed by atoms with van der Waals surface area (Å²) in [5.74, 6) is 1.11. The fourth-order valence-corrected chi connectivity index (χ4v) is 2.95. The van der Waals surface area contributed by atoms with Crippen LogP contribution in [0.4, 0.5) is 0 Å². The monoisotopic (exact) mass is 312 g/mol. The molecular weight excluding hydrogens is 288 g/mol. The molecule has 2 N–H and O–H groups in total. The minimum atomic E-state index is -3.12. The van der Waals surface area contributed by atoms with Crippen LogP contribution in [0.15, 0.2) is 18.2 Å². The van der Waals surface area contributed by atoms with Crippen molar-refractivity contribution in [2.75, 3.05) is 18.9 Å². The molecule has 21 heavy (non-hydrogen) atoms. The van der Waals surface area contributed by atoms with E-state index in [4.69, 9.17) is 4.74 Å². The number of aryl methyl sites for hydroxylation is 1. The van der Waals surface area contributed by atoms with Gasteiger partial charge in [0, 0.05) is 19.1 Å². The quantitative estimate of drug-likeness (QED) is 0.799. The molecule has 2 rings (SSSR count). The lowest BCUT2D eigenvalue weighted by Crippen LogP contribution is -2.39. The highest BCUT2D eigenvalue weighted by Crippen LogP contribution is 2.25. The predicted octanol–water partition coefficient (Wildman–Crippen LogP) is 1.43. The number of nitrogens with one attached hydrogen (secondary N) is 2. The van der Waals surface area contributed by atoms with E-state index in [1.807, 2.05) is 13.0 Å². The number of hydrogen-bond donors (Lipinski definition) is 2. The zero-order valence-electron chi connectivity index (χ0n) is 12.7. The molecule has 0 aromatic heterocycles. The van der Waals surface area contributed by atoms with Gasteiger partial charge in [-0.3, -0.25) is 0 Å². The maximum Gasteiger partial charge on any atom is 0.211 e. The minimum absolute atomic E-state index is 0.0820. The Labute approximate surface area is 127 Å². The van der Waals surface area contributed by atoms with E-state index in [1.165, 1.54) is 11.1 Å². The highest BCUT2D eigenvalue weighted by Gasteiger charge is 2.12. The zero-order chi connectivity index (χ0) is 15.3. The van der Waals surface area contributed by atoms with Crippen molar-refractivity contribution in [3.05, 3.63) is 29.3 Å². The van der Waals surface area contributed by atoms with Gasteiger partial charge in [-0.15, -0.1) is 0 Å². The van der Waals surface area contributed by atoms with Gasteiger partial charge >= 0.3 is 0 Å². The van der Waals surface area contributed by atoms with Crippen LogP contribution >= 0.6 is 0 Å². The maximum absolute atomic E-state index is 11.4. The normalized spacial score (nSPS) is 16.1. The Morgan fingerprint density at radius 2 is 2.19 bits per heavy atom. The molecule has 0 bridgehead atoms. The van der Waals surface area contributed by atoms with Crippen LogP contribution < -0.4 is 14.8 Å². The molecule has 1 aliphatic rings. The molecule has 1 aromatic rings. The molecule has 0 unspecified atom stereocenters. The molecule has 118 valence electrons. The van der Waals surface area contributed by atoms with Crippen molar-refractivity contribution < 1.29 is 13.2 Å². The fourth-order valence-electron chi connectivity index (χ4n) is 2.24. The van der Waals surface area contributed by atoms with Crippen LogP contribution in [0.5, 0.6) is 5.75 Å². The summed E-state index contributed by atoms with van der Waals surface area (Å²) in [5, 5.41) is 3.33. The van der Waals surface area contributed by atoms with Crippen LogP contribution in [0.3, 0.4) is 0 Å². The Hall–Kier alpha value is -1.11. The topological polar surface area (TPSA) is 67.4 Å². The third kappa shape index (κ3) is 4.98. The molecule has 1 aliphatic heterocycles. The first-order chi connectivity index (χ1) is 10.00. The first-order valence-corrected chi connectivity index (χ1v) is 9.10. The van der Waals surface area contributed by atoms with Gasteiger partial charge in [-0.1, -0.05) is 12.1 Å². The van der Waals surface area contributed by atoms with Crippen molar-refractivity contribution in [3.63, 3.8) is 0 Å². The Morgan fingerprint density at radius 3 is 2.95 bits per heavy atom. The maximum atomic E-state index is 11.4. The van der Waals surface area contributed by atoms with E-state index < -0.39 is 10.0 Å². The van der Waals surface area contributed by atoms with Gasteiger partial charge in [0.25, 0.3) is 0 Å². The Morgan fingerprint density at radius 1 is 1.38 bits per heavy atom. The first kappa shape index (κ1) is 16.3. The third-order valence-corrected chi connectivity index (χ3v) is 4.98. The van der Waals surface area contributed by atoms with E-state index >= 15 is 0 Å². The van der Waals surface area contributed by atoms with Crippen molar-refractivity contribution >= 4 is 10.0 Å². The van der Waals surface area contributed by atoms with Crippen molar-refractivity contribution in [2.45, 2.75) is 39.3 Å². The zero-order valence-corrected chi connectivity index (χ0v) is 13.5. The number of hydrogen-bond acceptors (Lipinski definition) is 4. The van der Waals surface area contributed by atoms with Crippen LogP contribution in [0.25, 0.3) is 0 Å². The van der Waals surface area contributed by atoms with Crippen LogP contribution in [0.2, 0.25) is 0 Å². The van der Waals surface area contributed by atoms with Crippen LogP contribution in [0, 0.1) is 0 Å². The molecule has 0 saturated heterocycles. The molecule has 1 atom stereocenters. The summed E-state index contributed by atoms with van der Waals surface area (Å²) in [4.78, 5) is 0. The van der Waals surface area contributed by atoms with Crippen LogP contribution in [-0.4, -0.2) is 33.4 Å². The van der Waals surface area contributed by atoms with Crippen LogP contribution in [-0.2, 0) is 23.0 Å². The van der Waals surface area contributed by atoms with Gasteiger partial charge < -0.3 is 10.1 Å². The summed E-state index contributed by atoms with van der Waals surface area (Å²) in [5.41, 5.74) is 2.46. The number of fused-ring (bicyclic) bond motifs is 1. The van der Waals surface area contributed by atoms with E-state index in [1.54, 1.807) is 6.92 Å². The smallest absolute Gasteiger partial charge is 0.211 e. The fraction of sp³-hybridized carbons (Fsp3) is 0.600. The van der Waals surface area contributed by atoms with E-state index in [-0.39, 0.29) is 11.8 Å². The molecule has 0 spiro atoms. The van der Waals surface area contributed by atoms with Crippen molar-refractivity contribution in [1.29, 1.82) is 0 Å². The summed E-state index contributed by atoms with van der Waals surface area (Å²) in [7, 11) is -3.12. The second-order valence-corrected chi connectivity index (χ2v) is 7.52. The minimum Gasteiger partial charge on any atom is -0.493 e. The lowest BCUT2D eigenvalue weighted by molar-refractivity contribution is 0.288. The molecule has 1 heterocycles. The average molecular weight is 312 g/mol. The molecule has 0 radical (unpaired) electrons. The highest BCUT2D eigenvalue weighted by molar-refractivity contribution is 7.89. The van der Waals surface area contributed by atoms with E-state index in [2.05, 4.69) is 22.2 Å². The van der Waals surface area contributed by atoms with Gasteiger partial charge in [-0.05, 0) is 43.9 Å². The molecule has 0 aliphatic carbocycles. The van der Waals surface area contributed by atoms with Crippen molar-refractivity contribution in [1.82, 2.24) is 10.0 Å². The van der Waals surface area contributed by atoms with Gasteiger partial charge in [0.05, 0.1) is 12.4 Å².